The minimum atomic E-state index is -3.31. The highest BCUT2D eigenvalue weighted by Gasteiger charge is 2.06. The van der Waals surface area contributed by atoms with Crippen molar-refractivity contribution in [1.82, 2.24) is 0 Å². The fourth-order valence-corrected chi connectivity index (χ4v) is 3.25. The molecular weight excluding hydrogens is 372 g/mol. The summed E-state index contributed by atoms with van der Waals surface area (Å²) in [6.07, 6.45) is 4.21. The van der Waals surface area contributed by atoms with Crippen LogP contribution in [0.2, 0.25) is 0 Å². The molecule has 0 aliphatic heterocycles. The van der Waals surface area contributed by atoms with Crippen molar-refractivity contribution >= 4 is 33.4 Å². The molecule has 0 unspecified atom stereocenters. The van der Waals surface area contributed by atoms with Crippen molar-refractivity contribution in [2.45, 2.75) is 0 Å². The first-order valence-electron chi connectivity index (χ1n) is 8.62. The summed E-state index contributed by atoms with van der Waals surface area (Å²) in [5.74, 6) is -0.248. The molecule has 1 amide bonds. The standard InChI is InChI=1S/C22H20N2O3S/c1-28(26,27)24-19-14-11-17(12-15-19)13-16-22(25)23-21-10-6-5-9-20(21)18-7-3-2-4-8-18/h2-16,24H,1H3,(H,23,25)/b16-13+. The van der Waals surface area contributed by atoms with Crippen molar-refractivity contribution in [3.05, 3.63) is 90.5 Å². The second-order valence-corrected chi connectivity index (χ2v) is 7.98. The van der Waals surface area contributed by atoms with E-state index in [1.165, 1.54) is 6.08 Å². The molecule has 0 radical (unpaired) electrons. The molecule has 0 aliphatic carbocycles. The summed E-state index contributed by atoms with van der Waals surface area (Å²) >= 11 is 0. The van der Waals surface area contributed by atoms with Gasteiger partial charge in [-0.05, 0) is 35.4 Å². The fourth-order valence-electron chi connectivity index (χ4n) is 2.68. The number of amides is 1. The van der Waals surface area contributed by atoms with Gasteiger partial charge in [0.05, 0.1) is 6.26 Å². The first kappa shape index (κ1) is 19.4. The van der Waals surface area contributed by atoms with E-state index in [2.05, 4.69) is 10.0 Å². The predicted molar refractivity (Wildman–Crippen MR) is 114 cm³/mol. The molecule has 3 rings (SSSR count). The molecule has 0 aliphatic rings. The lowest BCUT2D eigenvalue weighted by molar-refractivity contribution is -0.111. The summed E-state index contributed by atoms with van der Waals surface area (Å²) in [6, 6.07) is 24.2. The molecule has 0 saturated heterocycles. The summed E-state index contributed by atoms with van der Waals surface area (Å²) in [7, 11) is -3.31. The Morgan fingerprint density at radius 2 is 1.50 bits per heavy atom. The molecule has 3 aromatic carbocycles. The van der Waals surface area contributed by atoms with Gasteiger partial charge in [-0.2, -0.15) is 0 Å². The van der Waals surface area contributed by atoms with Crippen LogP contribution in [0.4, 0.5) is 11.4 Å². The highest BCUT2D eigenvalue weighted by Crippen LogP contribution is 2.27. The van der Waals surface area contributed by atoms with Crippen LogP contribution in [0.1, 0.15) is 5.56 Å². The van der Waals surface area contributed by atoms with E-state index in [0.29, 0.717) is 5.69 Å². The molecule has 5 nitrogen and oxygen atoms in total. The number of hydrogen-bond acceptors (Lipinski definition) is 3. The van der Waals surface area contributed by atoms with Crippen molar-refractivity contribution in [3.63, 3.8) is 0 Å². The number of benzene rings is 3. The number of nitrogens with one attached hydrogen (secondary N) is 2. The Balaban J connectivity index is 1.70. The third-order valence-corrected chi connectivity index (χ3v) is 4.52. The van der Waals surface area contributed by atoms with Gasteiger partial charge in [0.2, 0.25) is 15.9 Å². The number of anilines is 2. The van der Waals surface area contributed by atoms with Gasteiger partial charge in [0.25, 0.3) is 0 Å². The minimum absolute atomic E-state index is 0.248. The van der Waals surface area contributed by atoms with Crippen LogP contribution in [0.25, 0.3) is 17.2 Å². The topological polar surface area (TPSA) is 75.3 Å². The Labute approximate surface area is 164 Å². The van der Waals surface area contributed by atoms with E-state index in [-0.39, 0.29) is 5.91 Å². The van der Waals surface area contributed by atoms with Gasteiger partial charge >= 0.3 is 0 Å². The molecule has 0 atom stereocenters. The Bertz CT molecular complexity index is 1090. The molecule has 0 aromatic heterocycles. The van der Waals surface area contributed by atoms with E-state index in [1.54, 1.807) is 30.3 Å². The normalized spacial score (nSPS) is 11.3. The maximum atomic E-state index is 12.3. The number of para-hydroxylation sites is 1. The first-order valence-corrected chi connectivity index (χ1v) is 10.5. The second-order valence-electron chi connectivity index (χ2n) is 6.23. The lowest BCUT2D eigenvalue weighted by Gasteiger charge is -2.10. The van der Waals surface area contributed by atoms with Crippen molar-refractivity contribution < 1.29 is 13.2 Å². The molecule has 2 N–H and O–H groups in total. The summed E-state index contributed by atoms with van der Waals surface area (Å²) in [5.41, 5.74) is 3.96. The van der Waals surface area contributed by atoms with E-state index >= 15 is 0 Å². The lowest BCUT2D eigenvalue weighted by atomic mass is 10.0. The molecule has 0 spiro atoms. The van der Waals surface area contributed by atoms with Crippen molar-refractivity contribution in [2.75, 3.05) is 16.3 Å². The molecule has 6 heteroatoms. The Kier molecular flexibility index (Phi) is 5.91. The van der Waals surface area contributed by atoms with Crippen LogP contribution in [0.5, 0.6) is 0 Å². The average molecular weight is 392 g/mol. The van der Waals surface area contributed by atoms with Crippen molar-refractivity contribution in [1.29, 1.82) is 0 Å². The maximum Gasteiger partial charge on any atom is 0.248 e. The molecule has 0 fully saturated rings. The van der Waals surface area contributed by atoms with Gasteiger partial charge in [0, 0.05) is 23.0 Å². The smallest absolute Gasteiger partial charge is 0.248 e. The average Bonchev–Trinajstić information content (AvgIpc) is 2.67. The number of hydrogen-bond donors (Lipinski definition) is 2. The van der Waals surface area contributed by atoms with Gasteiger partial charge in [-0.3, -0.25) is 9.52 Å². The molecule has 3 aromatic rings. The van der Waals surface area contributed by atoms with Crippen LogP contribution >= 0.6 is 0 Å². The van der Waals surface area contributed by atoms with Crippen molar-refractivity contribution in [2.24, 2.45) is 0 Å². The van der Waals surface area contributed by atoms with Crippen LogP contribution in [-0.4, -0.2) is 20.6 Å². The van der Waals surface area contributed by atoms with Gasteiger partial charge < -0.3 is 5.32 Å². The van der Waals surface area contributed by atoms with E-state index < -0.39 is 10.0 Å². The van der Waals surface area contributed by atoms with Crippen LogP contribution in [0.3, 0.4) is 0 Å². The number of rotatable bonds is 6. The zero-order valence-electron chi connectivity index (χ0n) is 15.3. The lowest BCUT2D eigenvalue weighted by Crippen LogP contribution is -2.09. The summed E-state index contributed by atoms with van der Waals surface area (Å²) in [6.45, 7) is 0. The van der Waals surface area contributed by atoms with Crippen LogP contribution in [-0.2, 0) is 14.8 Å². The van der Waals surface area contributed by atoms with Crippen LogP contribution in [0, 0.1) is 0 Å². The van der Waals surface area contributed by atoms with Crippen LogP contribution in [0.15, 0.2) is 84.9 Å². The summed E-state index contributed by atoms with van der Waals surface area (Å²) < 4.78 is 24.8. The summed E-state index contributed by atoms with van der Waals surface area (Å²) in [5, 5.41) is 2.90. The SMILES string of the molecule is CS(=O)(=O)Nc1ccc(/C=C/C(=O)Nc2ccccc2-c2ccccc2)cc1. The Morgan fingerprint density at radius 1 is 0.857 bits per heavy atom. The van der Waals surface area contributed by atoms with E-state index in [1.807, 2.05) is 54.6 Å². The van der Waals surface area contributed by atoms with Gasteiger partial charge in [-0.15, -0.1) is 0 Å². The quantitative estimate of drug-likeness (QED) is 0.612. The Hall–Kier alpha value is -3.38. The zero-order valence-corrected chi connectivity index (χ0v) is 16.1. The molecule has 0 bridgehead atoms. The number of sulfonamides is 1. The third kappa shape index (κ3) is 5.56. The first-order chi connectivity index (χ1) is 13.4. The van der Waals surface area contributed by atoms with E-state index in [9.17, 15) is 13.2 Å². The third-order valence-electron chi connectivity index (χ3n) is 3.91. The fraction of sp³-hybridized carbons (Fsp3) is 0.0455. The summed E-state index contributed by atoms with van der Waals surface area (Å²) in [4.78, 5) is 12.3. The number of carbonyl (C=O) groups excluding carboxylic acids is 1. The Morgan fingerprint density at radius 3 is 2.18 bits per heavy atom. The van der Waals surface area contributed by atoms with Gasteiger partial charge in [0.15, 0.2) is 0 Å². The molecule has 0 saturated carbocycles. The molecular formula is C22H20N2O3S. The highest BCUT2D eigenvalue weighted by molar-refractivity contribution is 7.92. The second kappa shape index (κ2) is 8.54. The largest absolute Gasteiger partial charge is 0.322 e. The molecule has 142 valence electrons. The van der Waals surface area contributed by atoms with Crippen molar-refractivity contribution in [3.8, 4) is 11.1 Å². The van der Waals surface area contributed by atoms with E-state index in [0.717, 1.165) is 28.6 Å². The van der Waals surface area contributed by atoms with Gasteiger partial charge in [-0.1, -0.05) is 60.7 Å². The monoisotopic (exact) mass is 392 g/mol. The maximum absolute atomic E-state index is 12.3. The predicted octanol–water partition coefficient (Wildman–Crippen LogP) is 4.38. The van der Waals surface area contributed by atoms with E-state index in [4.69, 9.17) is 0 Å². The minimum Gasteiger partial charge on any atom is -0.322 e. The van der Waals surface area contributed by atoms with Gasteiger partial charge in [0.1, 0.15) is 0 Å². The molecule has 28 heavy (non-hydrogen) atoms. The van der Waals surface area contributed by atoms with Gasteiger partial charge in [-0.25, -0.2) is 8.42 Å². The highest BCUT2D eigenvalue weighted by atomic mass is 32.2. The zero-order chi connectivity index (χ0) is 20.0. The number of carbonyl (C=O) groups is 1. The van der Waals surface area contributed by atoms with Crippen LogP contribution < -0.4 is 10.0 Å². The molecule has 0 heterocycles.